The average Bonchev–Trinajstić information content (AvgIpc) is 3.25. The van der Waals surface area contributed by atoms with E-state index in [2.05, 4.69) is 33.4 Å². The van der Waals surface area contributed by atoms with Crippen molar-refractivity contribution in [2.24, 2.45) is 0 Å². The van der Waals surface area contributed by atoms with E-state index in [1.54, 1.807) is 24.3 Å². The molecule has 0 aliphatic carbocycles. The number of rotatable bonds is 4. The van der Waals surface area contributed by atoms with Crippen molar-refractivity contribution in [3.63, 3.8) is 0 Å². The fourth-order valence-electron chi connectivity index (χ4n) is 3.69. The third-order valence-electron chi connectivity index (χ3n) is 5.26. The molecule has 1 saturated heterocycles. The maximum absolute atomic E-state index is 13.2. The first-order valence-electron chi connectivity index (χ1n) is 9.62. The van der Waals surface area contributed by atoms with Crippen LogP contribution < -0.4 is 5.32 Å². The standard InChI is InChI=1S/C24H21BrN2O2/c25-20-12-10-18(11-13-20)23(28)26-22-9-5-4-8-21(22)24(29)27-15-14-19(16-27)17-6-2-1-3-7-17/h1-13,19H,14-16H2,(H,26,28). The highest BCUT2D eigenvalue weighted by Crippen LogP contribution is 2.29. The second kappa shape index (κ2) is 8.62. The molecule has 3 aromatic rings. The van der Waals surface area contributed by atoms with Gasteiger partial charge < -0.3 is 10.2 Å². The first kappa shape index (κ1) is 19.4. The van der Waals surface area contributed by atoms with Crippen molar-refractivity contribution in [3.05, 3.63) is 100 Å². The largest absolute Gasteiger partial charge is 0.338 e. The van der Waals surface area contributed by atoms with Crippen LogP contribution in [0.2, 0.25) is 0 Å². The number of para-hydroxylation sites is 1. The van der Waals surface area contributed by atoms with E-state index in [1.165, 1.54) is 5.56 Å². The van der Waals surface area contributed by atoms with Gasteiger partial charge >= 0.3 is 0 Å². The van der Waals surface area contributed by atoms with Crippen molar-refractivity contribution in [1.82, 2.24) is 4.90 Å². The lowest BCUT2D eigenvalue weighted by molar-refractivity contribution is 0.0792. The van der Waals surface area contributed by atoms with Gasteiger partial charge in [0, 0.05) is 29.0 Å². The molecule has 5 heteroatoms. The van der Waals surface area contributed by atoms with E-state index >= 15 is 0 Å². The van der Waals surface area contributed by atoms with Gasteiger partial charge in [0.25, 0.3) is 11.8 Å². The number of hydrogen-bond acceptors (Lipinski definition) is 2. The predicted octanol–water partition coefficient (Wildman–Crippen LogP) is 5.33. The number of carbonyl (C=O) groups excluding carboxylic acids is 2. The van der Waals surface area contributed by atoms with Crippen LogP contribution in [0.5, 0.6) is 0 Å². The highest BCUT2D eigenvalue weighted by molar-refractivity contribution is 9.10. The number of nitrogens with one attached hydrogen (secondary N) is 1. The van der Waals surface area contributed by atoms with E-state index in [4.69, 9.17) is 0 Å². The minimum atomic E-state index is -0.235. The number of halogens is 1. The predicted molar refractivity (Wildman–Crippen MR) is 118 cm³/mol. The SMILES string of the molecule is O=C(Nc1ccccc1C(=O)N1CCC(c2ccccc2)C1)c1ccc(Br)cc1. The fourth-order valence-corrected chi connectivity index (χ4v) is 3.95. The van der Waals surface area contributed by atoms with Gasteiger partial charge in [-0.3, -0.25) is 9.59 Å². The Morgan fingerprint density at radius 2 is 1.59 bits per heavy atom. The topological polar surface area (TPSA) is 49.4 Å². The van der Waals surface area contributed by atoms with Crippen molar-refractivity contribution < 1.29 is 9.59 Å². The summed E-state index contributed by atoms with van der Waals surface area (Å²) >= 11 is 3.37. The van der Waals surface area contributed by atoms with E-state index in [9.17, 15) is 9.59 Å². The van der Waals surface area contributed by atoms with Crippen LogP contribution in [0.1, 0.15) is 38.6 Å². The molecule has 0 saturated carbocycles. The molecular weight excluding hydrogens is 428 g/mol. The third-order valence-corrected chi connectivity index (χ3v) is 5.79. The molecule has 3 aromatic carbocycles. The Balaban J connectivity index is 1.50. The molecule has 1 aliphatic heterocycles. The molecule has 0 spiro atoms. The zero-order chi connectivity index (χ0) is 20.2. The molecule has 0 radical (unpaired) electrons. The molecule has 4 nitrogen and oxygen atoms in total. The van der Waals surface area contributed by atoms with Crippen LogP contribution in [0.25, 0.3) is 0 Å². The van der Waals surface area contributed by atoms with Gasteiger partial charge in [-0.2, -0.15) is 0 Å². The average molecular weight is 449 g/mol. The molecule has 29 heavy (non-hydrogen) atoms. The second-order valence-corrected chi connectivity index (χ2v) is 8.07. The summed E-state index contributed by atoms with van der Waals surface area (Å²) in [6.07, 6.45) is 0.948. The summed E-state index contributed by atoms with van der Waals surface area (Å²) in [5.41, 5.74) is 2.86. The second-order valence-electron chi connectivity index (χ2n) is 7.15. The summed E-state index contributed by atoms with van der Waals surface area (Å²) in [5.74, 6) is 0.0705. The number of carbonyl (C=O) groups is 2. The number of amides is 2. The van der Waals surface area contributed by atoms with Gasteiger partial charge in [-0.15, -0.1) is 0 Å². The van der Waals surface area contributed by atoms with Crippen molar-refractivity contribution >= 4 is 33.4 Å². The molecule has 1 atom stereocenters. The van der Waals surface area contributed by atoms with Crippen LogP contribution in [0.4, 0.5) is 5.69 Å². The zero-order valence-corrected chi connectivity index (χ0v) is 17.4. The first-order valence-corrected chi connectivity index (χ1v) is 10.4. The Bertz CT molecular complexity index is 1020. The van der Waals surface area contributed by atoms with Crippen LogP contribution >= 0.6 is 15.9 Å². The molecule has 0 aromatic heterocycles. The fraction of sp³-hybridized carbons (Fsp3) is 0.167. The Labute approximate surface area is 178 Å². The maximum Gasteiger partial charge on any atom is 0.255 e. The molecule has 1 heterocycles. The number of hydrogen-bond donors (Lipinski definition) is 1. The number of anilines is 1. The van der Waals surface area contributed by atoms with Crippen molar-refractivity contribution in [3.8, 4) is 0 Å². The zero-order valence-electron chi connectivity index (χ0n) is 15.8. The molecule has 0 bridgehead atoms. The lowest BCUT2D eigenvalue weighted by atomic mass is 9.99. The molecule has 1 N–H and O–H groups in total. The van der Waals surface area contributed by atoms with E-state index in [1.807, 2.05) is 47.4 Å². The molecule has 1 aliphatic rings. The van der Waals surface area contributed by atoms with Gasteiger partial charge in [0.15, 0.2) is 0 Å². The van der Waals surface area contributed by atoms with Gasteiger partial charge in [0.05, 0.1) is 11.3 Å². The van der Waals surface area contributed by atoms with Gasteiger partial charge in [-0.25, -0.2) is 0 Å². The van der Waals surface area contributed by atoms with Crippen molar-refractivity contribution in [2.45, 2.75) is 12.3 Å². The van der Waals surface area contributed by atoms with E-state index in [0.29, 0.717) is 35.8 Å². The van der Waals surface area contributed by atoms with Crippen molar-refractivity contribution in [2.75, 3.05) is 18.4 Å². The molecular formula is C24H21BrN2O2. The lowest BCUT2D eigenvalue weighted by Gasteiger charge is -2.19. The minimum absolute atomic E-state index is 0.0462. The van der Waals surface area contributed by atoms with Gasteiger partial charge in [-0.05, 0) is 48.4 Å². The number of likely N-dealkylation sites (tertiary alicyclic amines) is 1. The van der Waals surface area contributed by atoms with Crippen LogP contribution in [0.15, 0.2) is 83.3 Å². The Morgan fingerprint density at radius 1 is 0.897 bits per heavy atom. The summed E-state index contributed by atoms with van der Waals surface area (Å²) in [7, 11) is 0. The smallest absolute Gasteiger partial charge is 0.255 e. The van der Waals surface area contributed by atoms with Gasteiger partial charge in [0.2, 0.25) is 0 Å². The van der Waals surface area contributed by atoms with E-state index < -0.39 is 0 Å². The Kier molecular flexibility index (Phi) is 5.76. The summed E-state index contributed by atoms with van der Waals surface area (Å²) in [5, 5.41) is 2.89. The Hall–Kier alpha value is -2.92. The van der Waals surface area contributed by atoms with Gasteiger partial charge in [0.1, 0.15) is 0 Å². The van der Waals surface area contributed by atoms with Crippen molar-refractivity contribution in [1.29, 1.82) is 0 Å². The van der Waals surface area contributed by atoms with Crippen LogP contribution in [0.3, 0.4) is 0 Å². The van der Waals surface area contributed by atoms with Gasteiger partial charge in [-0.1, -0.05) is 58.4 Å². The lowest BCUT2D eigenvalue weighted by Crippen LogP contribution is -2.29. The van der Waals surface area contributed by atoms with Crippen LogP contribution in [-0.4, -0.2) is 29.8 Å². The highest BCUT2D eigenvalue weighted by atomic mass is 79.9. The monoisotopic (exact) mass is 448 g/mol. The summed E-state index contributed by atoms with van der Waals surface area (Å²) in [6.45, 7) is 1.41. The van der Waals surface area contributed by atoms with Crippen LogP contribution in [-0.2, 0) is 0 Å². The molecule has 1 unspecified atom stereocenters. The summed E-state index contributed by atoms with van der Waals surface area (Å²) < 4.78 is 0.909. The van der Waals surface area contributed by atoms with Crippen LogP contribution in [0, 0.1) is 0 Å². The normalized spacial score (nSPS) is 15.9. The molecule has 146 valence electrons. The van der Waals surface area contributed by atoms with E-state index in [-0.39, 0.29) is 11.8 Å². The minimum Gasteiger partial charge on any atom is -0.338 e. The third kappa shape index (κ3) is 4.40. The first-order chi connectivity index (χ1) is 14.1. The summed E-state index contributed by atoms with van der Waals surface area (Å²) in [6, 6.07) is 24.6. The van der Waals surface area contributed by atoms with E-state index in [0.717, 1.165) is 10.9 Å². The molecule has 1 fully saturated rings. The summed E-state index contributed by atoms with van der Waals surface area (Å²) in [4.78, 5) is 27.7. The Morgan fingerprint density at radius 3 is 2.34 bits per heavy atom. The quantitative estimate of drug-likeness (QED) is 0.585. The number of benzene rings is 3. The number of nitrogens with zero attached hydrogens (tertiary/aromatic N) is 1. The highest BCUT2D eigenvalue weighted by Gasteiger charge is 2.29. The maximum atomic E-state index is 13.2. The molecule has 2 amide bonds. The molecule has 4 rings (SSSR count).